The van der Waals surface area contributed by atoms with Gasteiger partial charge in [0.2, 0.25) is 5.95 Å². The van der Waals surface area contributed by atoms with Crippen LogP contribution < -0.4 is 15.5 Å². The number of hydrogen-bond donors (Lipinski definition) is 2. The third-order valence-corrected chi connectivity index (χ3v) is 5.50. The lowest BCUT2D eigenvalue weighted by Gasteiger charge is -2.30. The normalized spacial score (nSPS) is 19.2. The molecular weight excluding hydrogens is 374 g/mol. The molecule has 6 nitrogen and oxygen atoms in total. The van der Waals surface area contributed by atoms with Gasteiger partial charge < -0.3 is 15.5 Å². The molecule has 1 saturated carbocycles. The Morgan fingerprint density at radius 1 is 1.11 bits per heavy atom. The summed E-state index contributed by atoms with van der Waals surface area (Å²) in [5, 5.41) is 7.18. The Bertz CT molecular complexity index is 847. The summed E-state index contributed by atoms with van der Waals surface area (Å²) >= 11 is 5.98. The number of hydrogen-bond acceptors (Lipinski definition) is 5. The minimum atomic E-state index is -0.0629. The Morgan fingerprint density at radius 3 is 2.43 bits per heavy atom. The van der Waals surface area contributed by atoms with Crippen molar-refractivity contribution in [2.45, 2.75) is 51.6 Å². The van der Waals surface area contributed by atoms with Gasteiger partial charge in [0.25, 0.3) is 5.91 Å². The fourth-order valence-corrected chi connectivity index (χ4v) is 3.77. The zero-order chi connectivity index (χ0) is 20.3. The second-order valence-electron chi connectivity index (χ2n) is 7.65. The average Bonchev–Trinajstić information content (AvgIpc) is 2.66. The van der Waals surface area contributed by atoms with Crippen molar-refractivity contribution >= 4 is 29.3 Å². The molecule has 0 bridgehead atoms. The Balaban J connectivity index is 1.55. The Morgan fingerprint density at radius 2 is 1.79 bits per heavy atom. The minimum Gasteiger partial charge on any atom is -0.362 e. The molecule has 1 aromatic carbocycles. The van der Waals surface area contributed by atoms with Gasteiger partial charge in [-0.2, -0.15) is 4.98 Å². The van der Waals surface area contributed by atoms with Crippen LogP contribution in [0.3, 0.4) is 0 Å². The fourth-order valence-electron chi connectivity index (χ4n) is 3.58. The second-order valence-corrected chi connectivity index (χ2v) is 8.09. The highest BCUT2D eigenvalue weighted by molar-refractivity contribution is 6.30. The molecule has 28 heavy (non-hydrogen) atoms. The van der Waals surface area contributed by atoms with E-state index >= 15 is 0 Å². The van der Waals surface area contributed by atoms with Crippen molar-refractivity contribution in [3.05, 3.63) is 46.1 Å². The number of carbonyl (C=O) groups excluding carboxylic acids is 1. The van der Waals surface area contributed by atoms with E-state index in [9.17, 15) is 4.79 Å². The maximum absolute atomic E-state index is 12.4. The van der Waals surface area contributed by atoms with E-state index in [1.165, 1.54) is 0 Å². The molecule has 1 aliphatic rings. The highest BCUT2D eigenvalue weighted by Gasteiger charge is 2.24. The summed E-state index contributed by atoms with van der Waals surface area (Å²) in [7, 11) is 3.98. The van der Waals surface area contributed by atoms with Gasteiger partial charge in [-0.3, -0.25) is 4.79 Å². The number of benzene rings is 1. The van der Waals surface area contributed by atoms with Crippen LogP contribution in [0.1, 0.15) is 47.3 Å². The van der Waals surface area contributed by atoms with Gasteiger partial charge in [0, 0.05) is 48.0 Å². The maximum atomic E-state index is 12.4. The lowest BCUT2D eigenvalue weighted by molar-refractivity contribution is 0.0926. The number of nitrogens with zero attached hydrogens (tertiary/aromatic N) is 3. The lowest BCUT2D eigenvalue weighted by atomic mass is 9.91. The average molecular weight is 402 g/mol. The lowest BCUT2D eigenvalue weighted by Crippen LogP contribution is -2.40. The first kappa shape index (κ1) is 20.4. The zero-order valence-electron chi connectivity index (χ0n) is 16.9. The molecule has 0 spiro atoms. The van der Waals surface area contributed by atoms with Crippen molar-refractivity contribution < 1.29 is 4.79 Å². The Kier molecular flexibility index (Phi) is 6.39. The molecule has 1 aliphatic carbocycles. The minimum absolute atomic E-state index is 0.0629. The highest BCUT2D eigenvalue weighted by Crippen LogP contribution is 2.24. The van der Waals surface area contributed by atoms with Crippen molar-refractivity contribution in [3.63, 3.8) is 0 Å². The topological polar surface area (TPSA) is 70.1 Å². The molecule has 3 rings (SSSR count). The first-order valence-corrected chi connectivity index (χ1v) is 10.1. The number of aromatic nitrogens is 2. The molecule has 0 atom stereocenters. The smallest absolute Gasteiger partial charge is 0.251 e. The predicted molar refractivity (Wildman–Crippen MR) is 114 cm³/mol. The van der Waals surface area contributed by atoms with Crippen LogP contribution >= 0.6 is 11.6 Å². The number of halogens is 1. The standard InChI is InChI=1S/C21H28ClN5O/c1-13-14(2)23-21(26-19(13)27(3)4)25-18-10-8-17(9-11-18)24-20(28)15-6-5-7-16(22)12-15/h5-7,12,17-18H,8-11H2,1-4H3,(H,24,28)(H,23,25,26)/t17-,18+. The van der Waals surface area contributed by atoms with Crippen LogP contribution in [0.2, 0.25) is 5.02 Å². The van der Waals surface area contributed by atoms with Gasteiger partial charge in [0.15, 0.2) is 0 Å². The van der Waals surface area contributed by atoms with Gasteiger partial charge in [0.05, 0.1) is 0 Å². The number of amides is 1. The number of aryl methyl sites for hydroxylation is 1. The first-order valence-electron chi connectivity index (χ1n) is 9.69. The van der Waals surface area contributed by atoms with E-state index in [0.717, 1.165) is 42.8 Å². The van der Waals surface area contributed by atoms with E-state index in [1.54, 1.807) is 24.3 Å². The fraction of sp³-hybridized carbons (Fsp3) is 0.476. The molecule has 1 amide bonds. The van der Waals surface area contributed by atoms with Crippen LogP contribution in [0.4, 0.5) is 11.8 Å². The highest BCUT2D eigenvalue weighted by atomic mass is 35.5. The van der Waals surface area contributed by atoms with Crippen molar-refractivity contribution in [3.8, 4) is 0 Å². The summed E-state index contributed by atoms with van der Waals surface area (Å²) in [6.07, 6.45) is 3.78. The Hall–Kier alpha value is -2.34. The van der Waals surface area contributed by atoms with Crippen molar-refractivity contribution in [2.75, 3.05) is 24.3 Å². The van der Waals surface area contributed by atoms with Crippen LogP contribution in [-0.4, -0.2) is 42.1 Å². The summed E-state index contributed by atoms with van der Waals surface area (Å²) in [5.41, 5.74) is 2.69. The predicted octanol–water partition coefficient (Wildman–Crippen LogP) is 3.97. The molecule has 0 unspecified atom stereocenters. The molecule has 1 heterocycles. The number of carbonyl (C=O) groups is 1. The molecule has 0 aliphatic heterocycles. The van der Waals surface area contributed by atoms with Crippen LogP contribution in [0.25, 0.3) is 0 Å². The summed E-state index contributed by atoms with van der Waals surface area (Å²) < 4.78 is 0. The van der Waals surface area contributed by atoms with Gasteiger partial charge in [-0.15, -0.1) is 0 Å². The molecule has 1 fully saturated rings. The summed E-state index contributed by atoms with van der Waals surface area (Å²) in [6.45, 7) is 4.06. The SMILES string of the molecule is Cc1nc(N[C@H]2CC[C@@H](NC(=O)c3cccc(Cl)c3)CC2)nc(N(C)C)c1C. The van der Waals surface area contributed by atoms with E-state index < -0.39 is 0 Å². The van der Waals surface area contributed by atoms with E-state index in [2.05, 4.69) is 20.6 Å². The van der Waals surface area contributed by atoms with E-state index in [0.29, 0.717) is 22.6 Å². The van der Waals surface area contributed by atoms with E-state index in [4.69, 9.17) is 11.6 Å². The van der Waals surface area contributed by atoms with Crippen molar-refractivity contribution in [1.82, 2.24) is 15.3 Å². The van der Waals surface area contributed by atoms with Crippen LogP contribution in [0.5, 0.6) is 0 Å². The summed E-state index contributed by atoms with van der Waals surface area (Å²) in [4.78, 5) is 23.7. The van der Waals surface area contributed by atoms with E-state index in [-0.39, 0.29) is 11.9 Å². The molecule has 7 heteroatoms. The first-order chi connectivity index (χ1) is 13.3. The summed E-state index contributed by atoms with van der Waals surface area (Å²) in [5.74, 6) is 1.56. The number of anilines is 2. The molecule has 2 N–H and O–H groups in total. The number of rotatable bonds is 5. The largest absolute Gasteiger partial charge is 0.362 e. The van der Waals surface area contributed by atoms with Gasteiger partial charge in [-0.05, 0) is 57.7 Å². The zero-order valence-corrected chi connectivity index (χ0v) is 17.7. The van der Waals surface area contributed by atoms with Gasteiger partial charge >= 0.3 is 0 Å². The van der Waals surface area contributed by atoms with Gasteiger partial charge in [-0.25, -0.2) is 4.98 Å². The molecular formula is C21H28ClN5O. The third kappa shape index (κ3) is 4.93. The molecule has 1 aromatic heterocycles. The summed E-state index contributed by atoms with van der Waals surface area (Å²) in [6, 6.07) is 7.55. The van der Waals surface area contributed by atoms with Crippen LogP contribution in [0.15, 0.2) is 24.3 Å². The maximum Gasteiger partial charge on any atom is 0.251 e. The Labute approximate surface area is 171 Å². The molecule has 2 aromatic rings. The van der Waals surface area contributed by atoms with Gasteiger partial charge in [-0.1, -0.05) is 17.7 Å². The molecule has 0 saturated heterocycles. The van der Waals surface area contributed by atoms with Gasteiger partial charge in [0.1, 0.15) is 5.82 Å². The van der Waals surface area contributed by atoms with E-state index in [1.807, 2.05) is 32.8 Å². The molecule has 0 radical (unpaired) electrons. The third-order valence-electron chi connectivity index (χ3n) is 5.27. The van der Waals surface area contributed by atoms with Crippen molar-refractivity contribution in [2.24, 2.45) is 0 Å². The monoisotopic (exact) mass is 401 g/mol. The van der Waals surface area contributed by atoms with Crippen molar-refractivity contribution in [1.29, 1.82) is 0 Å². The quantitative estimate of drug-likeness (QED) is 0.793. The second kappa shape index (κ2) is 8.78. The van der Waals surface area contributed by atoms with Crippen LogP contribution in [0, 0.1) is 13.8 Å². The number of nitrogens with one attached hydrogen (secondary N) is 2. The molecule has 150 valence electrons. The van der Waals surface area contributed by atoms with Crippen LogP contribution in [-0.2, 0) is 0 Å².